The minimum atomic E-state index is -5.71. The molecule has 0 aromatic carbocycles. The largest absolute Gasteiger partial charge is 1.00 e. The Morgan fingerprint density at radius 3 is 2.10 bits per heavy atom. The third-order valence-corrected chi connectivity index (χ3v) is 6.42. The van der Waals surface area contributed by atoms with E-state index >= 15 is 0 Å². The standard InChI is InChI=1S/C12H20N2O8P2.2Na.3H2O/c1-10(15)14(12(23(16,17)18)24(19,20)21)8-4-5-9-22-11-6-2-3-7-13-11;;;;;/h2-3,6-7,12H,4-5,8-9H2,1H3,(H2,16,17,18)(H2,19,20,21);;;3*1H2/q;2*+1;;;/p-2. The van der Waals surface area contributed by atoms with Crippen LogP contribution in [0.2, 0.25) is 0 Å². The Hall–Kier alpha value is 0.600. The summed E-state index contributed by atoms with van der Waals surface area (Å²) in [4.78, 5) is 56.3. The van der Waals surface area contributed by atoms with Gasteiger partial charge in [0, 0.05) is 25.7 Å². The zero-order valence-electron chi connectivity index (χ0n) is 16.3. The number of hydrogen-bond donors (Lipinski definition) is 2. The van der Waals surface area contributed by atoms with Crippen LogP contribution >= 0.6 is 15.2 Å². The van der Waals surface area contributed by atoms with E-state index in [1.165, 1.54) is 6.20 Å². The summed E-state index contributed by atoms with van der Waals surface area (Å²) in [5.74, 6) is -0.529. The van der Waals surface area contributed by atoms with Crippen LogP contribution in [0, 0.1) is 0 Å². The van der Waals surface area contributed by atoms with Crippen molar-refractivity contribution in [1.29, 1.82) is 0 Å². The summed E-state index contributed by atoms with van der Waals surface area (Å²) in [6.07, 6.45) is 2.08. The van der Waals surface area contributed by atoms with Crippen LogP contribution < -0.4 is 73.6 Å². The molecular formula is C12H24N2Na2O11P2. The molecule has 13 nitrogen and oxygen atoms in total. The van der Waals surface area contributed by atoms with Crippen molar-refractivity contribution in [2.45, 2.75) is 25.3 Å². The number of rotatable bonds is 9. The number of ether oxygens (including phenoxy) is 1. The van der Waals surface area contributed by atoms with Crippen LogP contribution in [0.4, 0.5) is 0 Å². The molecule has 1 aromatic rings. The van der Waals surface area contributed by atoms with E-state index in [9.17, 15) is 23.7 Å². The van der Waals surface area contributed by atoms with Gasteiger partial charge < -0.3 is 50.2 Å². The van der Waals surface area contributed by atoms with Gasteiger partial charge in [0.15, 0.2) is 5.52 Å². The number of unbranched alkanes of at least 4 members (excludes halogenated alkanes) is 1. The van der Waals surface area contributed by atoms with Crippen molar-refractivity contribution in [3.63, 3.8) is 0 Å². The second kappa shape index (κ2) is 18.2. The molecule has 1 aromatic heterocycles. The number of carbonyl (C=O) groups excluding carboxylic acids is 1. The summed E-state index contributed by atoms with van der Waals surface area (Å²) in [5, 5.41) is 0. The van der Waals surface area contributed by atoms with Crippen LogP contribution in [-0.4, -0.2) is 60.7 Å². The minimum Gasteiger partial charge on any atom is -0.809 e. The van der Waals surface area contributed by atoms with Gasteiger partial charge in [-0.2, -0.15) is 0 Å². The number of carbonyl (C=O) groups is 1. The monoisotopic (exact) mass is 480 g/mol. The van der Waals surface area contributed by atoms with Crippen LogP contribution in [0.3, 0.4) is 0 Å². The Morgan fingerprint density at radius 2 is 1.72 bits per heavy atom. The number of aromatic nitrogens is 1. The topological polar surface area (TPSA) is 258 Å². The van der Waals surface area contributed by atoms with E-state index in [-0.39, 0.29) is 95.1 Å². The zero-order chi connectivity index (χ0) is 18.4. The van der Waals surface area contributed by atoms with E-state index in [0.717, 1.165) is 6.92 Å². The number of amides is 1. The van der Waals surface area contributed by atoms with Crippen molar-refractivity contribution in [2.75, 3.05) is 13.2 Å². The van der Waals surface area contributed by atoms with Gasteiger partial charge >= 0.3 is 66.7 Å². The summed E-state index contributed by atoms with van der Waals surface area (Å²) in [7, 11) is -11.0. The number of hydrogen-bond acceptors (Lipinski definition) is 7. The van der Waals surface area contributed by atoms with E-state index in [1.54, 1.807) is 18.2 Å². The van der Waals surface area contributed by atoms with E-state index in [0.29, 0.717) is 17.2 Å². The maximum absolute atomic E-state index is 11.5. The first-order chi connectivity index (χ1) is 11.0. The molecule has 1 atom stereocenters. The first kappa shape index (κ1) is 40.0. The quantitative estimate of drug-likeness (QED) is 0.193. The van der Waals surface area contributed by atoms with Gasteiger partial charge in [0.05, 0.1) is 6.61 Å². The van der Waals surface area contributed by atoms with Crippen molar-refractivity contribution in [3.05, 3.63) is 24.4 Å². The fraction of sp³-hybridized carbons (Fsp3) is 0.500. The van der Waals surface area contributed by atoms with Crippen LogP contribution in [0.1, 0.15) is 19.8 Å². The van der Waals surface area contributed by atoms with Gasteiger partial charge in [-0.1, -0.05) is 6.07 Å². The normalized spacial score (nSPS) is 11.1. The maximum Gasteiger partial charge on any atom is 1.00 e. The smallest absolute Gasteiger partial charge is 0.809 e. The molecule has 1 rings (SSSR count). The third-order valence-electron chi connectivity index (χ3n) is 2.95. The van der Waals surface area contributed by atoms with Gasteiger partial charge in [0.2, 0.25) is 11.8 Å². The van der Waals surface area contributed by atoms with E-state index in [4.69, 9.17) is 14.5 Å². The van der Waals surface area contributed by atoms with Crippen LogP contribution in [0.25, 0.3) is 0 Å². The molecule has 1 heterocycles. The summed E-state index contributed by atoms with van der Waals surface area (Å²) in [6.45, 7) is 0.837. The molecule has 0 aliphatic carbocycles. The fourth-order valence-electron chi connectivity index (χ4n) is 1.97. The Balaban J connectivity index is -0.000000384. The van der Waals surface area contributed by atoms with Crippen molar-refractivity contribution in [3.8, 4) is 5.88 Å². The van der Waals surface area contributed by atoms with Crippen LogP contribution in [0.15, 0.2) is 24.4 Å². The van der Waals surface area contributed by atoms with Crippen molar-refractivity contribution >= 4 is 21.1 Å². The van der Waals surface area contributed by atoms with Gasteiger partial charge in [-0.05, 0) is 26.5 Å². The van der Waals surface area contributed by atoms with Gasteiger partial charge in [-0.15, -0.1) is 0 Å². The predicted molar refractivity (Wildman–Crippen MR) is 90.6 cm³/mol. The summed E-state index contributed by atoms with van der Waals surface area (Å²) >= 11 is 0. The molecule has 17 heteroatoms. The van der Waals surface area contributed by atoms with E-state index < -0.39 is 26.6 Å². The molecule has 0 fully saturated rings. The Bertz CT molecular complexity index is 622. The number of nitrogens with zero attached hydrogens (tertiary/aromatic N) is 2. The second-order valence-electron chi connectivity index (χ2n) is 4.91. The van der Waals surface area contributed by atoms with Gasteiger partial charge in [-0.3, -0.25) is 9.36 Å². The van der Waals surface area contributed by atoms with E-state index in [2.05, 4.69) is 4.98 Å². The van der Waals surface area contributed by atoms with Crippen molar-refractivity contribution < 1.29 is 114 Å². The first-order valence-corrected chi connectivity index (χ1v) is 10.2. The molecule has 0 aliphatic rings. The van der Waals surface area contributed by atoms with E-state index in [1.807, 2.05) is 0 Å². The molecule has 160 valence electrons. The second-order valence-corrected chi connectivity index (χ2v) is 8.55. The average molecular weight is 480 g/mol. The molecule has 0 aliphatic heterocycles. The summed E-state index contributed by atoms with van der Waals surface area (Å²) in [5.41, 5.74) is -2.70. The Labute approximate surface area is 212 Å². The molecule has 0 bridgehead atoms. The maximum atomic E-state index is 11.5. The zero-order valence-corrected chi connectivity index (χ0v) is 22.1. The average Bonchev–Trinajstić information content (AvgIpc) is 2.43. The van der Waals surface area contributed by atoms with Gasteiger partial charge in [0.25, 0.3) is 0 Å². The number of pyridine rings is 1. The van der Waals surface area contributed by atoms with Crippen molar-refractivity contribution in [1.82, 2.24) is 9.88 Å². The Morgan fingerprint density at radius 1 is 1.17 bits per heavy atom. The molecule has 0 spiro atoms. The van der Waals surface area contributed by atoms with Crippen LogP contribution in [0.5, 0.6) is 5.88 Å². The van der Waals surface area contributed by atoms with Gasteiger partial charge in [0.1, 0.15) is 0 Å². The summed E-state index contributed by atoms with van der Waals surface area (Å²) < 4.78 is 27.7. The molecule has 29 heavy (non-hydrogen) atoms. The molecule has 1 unspecified atom stereocenters. The minimum absolute atomic E-state index is 0. The molecule has 0 saturated carbocycles. The molecule has 8 N–H and O–H groups in total. The summed E-state index contributed by atoms with van der Waals surface area (Å²) in [6, 6.07) is 5.07. The Kier molecular flexibility index (Phi) is 25.1. The third kappa shape index (κ3) is 15.1. The predicted octanol–water partition coefficient (Wildman–Crippen LogP) is -9.00. The molecule has 0 radical (unpaired) electrons. The molecule has 1 amide bonds. The first-order valence-electron chi connectivity index (χ1n) is 6.91. The van der Waals surface area contributed by atoms with Crippen molar-refractivity contribution in [2.24, 2.45) is 0 Å². The molecule has 0 saturated heterocycles. The fourth-order valence-corrected chi connectivity index (χ4v) is 4.70. The van der Waals surface area contributed by atoms with Crippen LogP contribution in [-0.2, 0) is 13.9 Å². The molecular weight excluding hydrogens is 456 g/mol. The SMILES string of the molecule is CC(=O)N(CCCCOc1ccccn1)C(P(=O)([O-])[O-])P(=O)(O)O.O.O.O.[Na+].[Na+]. The van der Waals surface area contributed by atoms with Gasteiger partial charge in [-0.25, -0.2) is 4.98 Å².